The lowest BCUT2D eigenvalue weighted by Gasteiger charge is -2.36. The molecule has 12 aromatic rings. The van der Waals surface area contributed by atoms with E-state index in [-0.39, 0.29) is 83.4 Å². The van der Waals surface area contributed by atoms with Crippen molar-refractivity contribution in [2.24, 2.45) is 0 Å². The minimum atomic E-state index is -3.57. The molecule has 8 N–H and O–H groups in total. The Morgan fingerprint density at radius 3 is 1.14 bits per heavy atom. The third-order valence-corrected chi connectivity index (χ3v) is 33.6. The lowest BCUT2D eigenvalue weighted by Crippen LogP contribution is -2.41. The number of para-hydroxylation sites is 4. The van der Waals surface area contributed by atoms with Crippen LogP contribution in [0, 0.1) is 13.8 Å². The lowest BCUT2D eigenvalue weighted by molar-refractivity contribution is 0.249. The molecule has 1 saturated heterocycles. The Bertz CT molecular complexity index is 7140. The van der Waals surface area contributed by atoms with Gasteiger partial charge in [-0.3, -0.25) is 0 Å². The summed E-state index contributed by atoms with van der Waals surface area (Å²) in [5.74, 6) is 3.50. The highest BCUT2D eigenvalue weighted by Crippen LogP contribution is 2.47. The molecular weight excluding hydrogens is 1910 g/mol. The molecule has 36 heteroatoms. The minimum absolute atomic E-state index is 0.126. The molecule has 744 valence electrons. The summed E-state index contributed by atoms with van der Waals surface area (Å²) in [4.78, 5) is 43.6. The number of piperidine rings is 1. The van der Waals surface area contributed by atoms with Crippen molar-refractivity contribution in [3.63, 3.8) is 0 Å². The second kappa shape index (κ2) is 48.4. The van der Waals surface area contributed by atoms with Crippen LogP contribution in [0.5, 0.6) is 23.0 Å². The molecule has 4 aliphatic rings. The highest BCUT2D eigenvalue weighted by molar-refractivity contribution is 7.92. The SMILES string of the molecule is [2H]C([2H])([2H])Oc1cc(C2CCCCC2)c(C)cc1Nc1ncc(Cl)c(Nc2ccccc2P(C)(C)=O)n1.[2H]C([2H])([2H])Oc1cc(C2CCCCC2)c(C)cc1Nc1ncc(Cl)c(Nc2ccccc2S(=O)(=O)C(C)C)n1.[2H]C([2H])([2H])Oc1cc(C2CCCCC2)ccc1Nc1ncnc(Nc2ccccc2S(=O)(=O)C(C)C)n1.[2H]C([2H])([2H])Oc1cc(N2CCC(N(C)C)CC2)ccc1Nc1ncc(Cl)c(Nc2ccccc2P(C)(C)=O)n1. The fraction of sp³-hybridized carbons (Fsp3) is 0.394. The van der Waals surface area contributed by atoms with E-state index >= 15 is 0 Å². The van der Waals surface area contributed by atoms with Crippen molar-refractivity contribution in [2.45, 2.75) is 195 Å². The van der Waals surface area contributed by atoms with Crippen LogP contribution in [0.15, 0.2) is 192 Å². The minimum Gasteiger partial charge on any atom is -0.495 e. The molecule has 3 aliphatic carbocycles. The first-order valence-electron chi connectivity index (χ1n) is 52.7. The smallest absolute Gasteiger partial charge is 0.232 e. The number of hydrogen-bond acceptors (Lipinski definition) is 29. The number of nitrogens with zero attached hydrogens (tertiary/aromatic N) is 11. The summed E-state index contributed by atoms with van der Waals surface area (Å²) in [6, 6.07) is 46.5. The first-order chi connectivity index (χ1) is 71.6. The molecule has 3 saturated carbocycles. The van der Waals surface area contributed by atoms with Gasteiger partial charge in [0, 0.05) is 41.5 Å². The van der Waals surface area contributed by atoms with Gasteiger partial charge in [-0.1, -0.05) is 147 Å². The molecule has 4 aromatic heterocycles. The van der Waals surface area contributed by atoms with Gasteiger partial charge in [-0.25, -0.2) is 41.8 Å². The zero-order valence-corrected chi connectivity index (χ0v) is 86.3. The Kier molecular flexibility index (Phi) is 31.1. The quantitative estimate of drug-likeness (QED) is 0.0187. The third-order valence-electron chi connectivity index (χ3n) is 25.3. The van der Waals surface area contributed by atoms with Gasteiger partial charge in [-0.2, -0.15) is 19.9 Å². The number of nitrogens with one attached hydrogen (secondary N) is 8. The molecule has 16 rings (SSSR count). The fourth-order valence-electron chi connectivity index (χ4n) is 17.6. The van der Waals surface area contributed by atoms with Crippen LogP contribution in [0.1, 0.15) is 199 Å². The van der Waals surface area contributed by atoms with Crippen molar-refractivity contribution in [1.29, 1.82) is 0 Å². The van der Waals surface area contributed by atoms with Crippen molar-refractivity contribution >= 4 is 178 Å². The van der Waals surface area contributed by atoms with Gasteiger partial charge < -0.3 is 80.4 Å². The summed E-state index contributed by atoms with van der Waals surface area (Å²) in [6.45, 7) is 19.0. The molecule has 4 fully saturated rings. The summed E-state index contributed by atoms with van der Waals surface area (Å²) in [6.07, 6.45) is 24.6. The maximum Gasteiger partial charge on any atom is 0.232 e. The first-order valence-corrected chi connectivity index (χ1v) is 56.1. The molecular formula is C104H130Cl3N19O10P2S2. The Morgan fingerprint density at radius 2 is 0.736 bits per heavy atom. The van der Waals surface area contributed by atoms with E-state index in [2.05, 4.69) is 111 Å². The van der Waals surface area contributed by atoms with Crippen LogP contribution < -0.4 is 77.0 Å². The molecule has 0 unspecified atom stereocenters. The van der Waals surface area contributed by atoms with Gasteiger partial charge in [0.15, 0.2) is 37.1 Å². The molecule has 29 nitrogen and oxygen atoms in total. The Balaban J connectivity index is 0.000000169. The van der Waals surface area contributed by atoms with Crippen LogP contribution in [0.25, 0.3) is 0 Å². The van der Waals surface area contributed by atoms with Crippen LogP contribution in [0.3, 0.4) is 0 Å². The zero-order chi connectivity index (χ0) is 110. The number of rotatable bonds is 31. The normalized spacial score (nSPS) is 16.3. The van der Waals surface area contributed by atoms with E-state index in [4.69, 9.17) is 70.2 Å². The molecule has 1 aliphatic heterocycles. The van der Waals surface area contributed by atoms with Crippen molar-refractivity contribution in [2.75, 3.05) is 129 Å². The summed E-state index contributed by atoms with van der Waals surface area (Å²) < 4.78 is 190. The van der Waals surface area contributed by atoms with Crippen molar-refractivity contribution in [1.82, 2.24) is 49.8 Å². The zero-order valence-electron chi connectivity index (χ0n) is 92.6. The van der Waals surface area contributed by atoms with E-state index < -0.39 is 72.6 Å². The van der Waals surface area contributed by atoms with Crippen LogP contribution in [0.4, 0.5) is 98.4 Å². The average Bonchev–Trinajstić information content (AvgIpc) is 0.794. The van der Waals surface area contributed by atoms with Crippen molar-refractivity contribution in [3.05, 3.63) is 226 Å². The van der Waals surface area contributed by atoms with E-state index in [0.717, 1.165) is 124 Å². The van der Waals surface area contributed by atoms with Crippen LogP contribution in [-0.4, -0.2) is 165 Å². The van der Waals surface area contributed by atoms with Crippen LogP contribution >= 0.6 is 49.1 Å². The third kappa shape index (κ3) is 27.5. The van der Waals surface area contributed by atoms with Gasteiger partial charge >= 0.3 is 0 Å². The highest BCUT2D eigenvalue weighted by atomic mass is 35.5. The largest absolute Gasteiger partial charge is 0.495 e. The maximum atomic E-state index is 12.9. The topological polar surface area (TPSA) is 358 Å². The number of methoxy groups -OCH3 is 4. The highest BCUT2D eigenvalue weighted by Gasteiger charge is 2.30. The molecule has 0 amide bonds. The molecule has 5 heterocycles. The second-order valence-corrected chi connectivity index (χ2v) is 49.2. The van der Waals surface area contributed by atoms with Gasteiger partial charge in [0.25, 0.3) is 0 Å². The fourth-order valence-corrected chi connectivity index (χ4v) is 22.7. The number of anilines is 17. The summed E-state index contributed by atoms with van der Waals surface area (Å²) in [5.41, 5.74) is 9.80. The van der Waals surface area contributed by atoms with E-state index in [0.29, 0.717) is 91.5 Å². The Hall–Kier alpha value is -11.4. The van der Waals surface area contributed by atoms with Gasteiger partial charge in [-0.05, 0) is 276 Å². The van der Waals surface area contributed by atoms with E-state index in [1.807, 2.05) is 92.7 Å². The number of benzene rings is 8. The van der Waals surface area contributed by atoms with Gasteiger partial charge in [0.2, 0.25) is 29.7 Å². The van der Waals surface area contributed by atoms with Crippen molar-refractivity contribution < 1.29 is 61.4 Å². The Labute approximate surface area is 856 Å². The number of sulfone groups is 2. The van der Waals surface area contributed by atoms with Crippen molar-refractivity contribution in [3.8, 4) is 23.0 Å². The monoisotopic (exact) mass is 2050 g/mol. The number of aromatic nitrogens is 9. The van der Waals surface area contributed by atoms with E-state index in [9.17, 15) is 26.0 Å². The number of halogens is 3. The molecule has 140 heavy (non-hydrogen) atoms. The number of hydrogen-bond donors (Lipinski definition) is 8. The molecule has 0 radical (unpaired) electrons. The van der Waals surface area contributed by atoms with Gasteiger partial charge in [0.05, 0.1) is 129 Å². The predicted octanol–water partition coefficient (Wildman–Crippen LogP) is 25.4. The van der Waals surface area contributed by atoms with Gasteiger partial charge in [0.1, 0.15) is 58.7 Å². The average molecular weight is 2050 g/mol. The first kappa shape index (κ1) is 89.9. The standard InChI is InChI=1S/C27H33ClN4O3S.C26H34ClN6O2P.C26H32ClN4O2P.C25H31N5O3S/c1-17(2)36(33,34)25-13-9-8-12-22(25)30-26-21(28)16-29-27(32-26)31-23-14-18(3)20(15-24(23)35-4)19-10-6-5-7-11-19;1-32(2)18-12-14-33(15-13-18)19-10-11-21(23(16-19)35-3)30-26-28-17-20(27)25(31-26)29-22-8-6-7-9-24(22)36(4,5)34;1-17-14-22(23(33-2)15-19(17)18-10-6-5-7-11-18)30-26-28-16-20(27)25(31-26)29-21-12-8-9-13-24(21)34(3,4)32;1-17(2)34(31,32)23-12-8-7-11-21(23)29-25-27-16-26-24(30-25)28-20-14-13-19(15-22(20)33-3)18-9-5-4-6-10-18/h8-9,12-17,19H,5-7,10-11H2,1-4H3,(H2,29,30,31,32);6-11,16-18H,12-15H2,1-5H3,(H2,28,29,30,31);8-9,12-16,18H,5-7,10-11H2,1-4H3,(H2,28,29,30,31);7-8,11-18H,4-6,9-10H2,1-3H3,(H2,26,27,28,29,30)/i4D3;3D3;2D3;3D3. The summed E-state index contributed by atoms with van der Waals surface area (Å²) in [7, 11) is -18.6. The molecule has 0 atom stereocenters. The maximum absolute atomic E-state index is 12.9. The Morgan fingerprint density at radius 1 is 0.393 bits per heavy atom. The van der Waals surface area contributed by atoms with Crippen LogP contribution in [0.2, 0.25) is 15.1 Å². The lowest BCUT2D eigenvalue weighted by atomic mass is 9.82. The molecule has 8 aromatic carbocycles. The number of aryl methyl sites for hydroxylation is 2. The predicted molar refractivity (Wildman–Crippen MR) is 574 cm³/mol. The number of ether oxygens (including phenoxy) is 4. The molecule has 0 bridgehead atoms. The molecule has 0 spiro atoms. The summed E-state index contributed by atoms with van der Waals surface area (Å²) in [5, 5.41) is 25.5. The summed E-state index contributed by atoms with van der Waals surface area (Å²) >= 11 is 19.1. The van der Waals surface area contributed by atoms with E-state index in [1.54, 1.807) is 121 Å². The van der Waals surface area contributed by atoms with Gasteiger partial charge in [-0.15, -0.1) is 0 Å². The van der Waals surface area contributed by atoms with Crippen LogP contribution in [-0.2, 0) is 28.8 Å². The second-order valence-electron chi connectivity index (χ2n) is 36.7. The van der Waals surface area contributed by atoms with E-state index in [1.165, 1.54) is 69.2 Å².